The first-order valence-corrected chi connectivity index (χ1v) is 4.90. The molecule has 2 nitrogen and oxygen atoms in total. The zero-order chi connectivity index (χ0) is 11.4. The molecule has 15 heavy (non-hydrogen) atoms. The first kappa shape index (κ1) is 11.9. The third-order valence-electron chi connectivity index (χ3n) is 2.20. The second-order valence-corrected chi connectivity index (χ2v) is 3.49. The lowest BCUT2D eigenvalue weighted by molar-refractivity contribution is 0.280. The Morgan fingerprint density at radius 3 is 2.20 bits per heavy atom. The zero-order valence-corrected chi connectivity index (χ0v) is 8.93. The Balaban J connectivity index is 3.07. The van der Waals surface area contributed by atoms with Crippen molar-refractivity contribution in [3.05, 3.63) is 29.3 Å². The van der Waals surface area contributed by atoms with Gasteiger partial charge < -0.3 is 10.0 Å². The van der Waals surface area contributed by atoms with Gasteiger partial charge in [-0.1, -0.05) is 6.92 Å². The highest BCUT2D eigenvalue weighted by molar-refractivity contribution is 5.49. The zero-order valence-electron chi connectivity index (χ0n) is 8.93. The lowest BCUT2D eigenvalue weighted by atomic mass is 10.2. The lowest BCUT2D eigenvalue weighted by Crippen LogP contribution is -2.20. The smallest absolute Gasteiger partial charge is 0.149 e. The molecule has 0 atom stereocenters. The summed E-state index contributed by atoms with van der Waals surface area (Å²) in [6.07, 6.45) is 0.817. The van der Waals surface area contributed by atoms with Crippen molar-refractivity contribution in [3.8, 4) is 0 Å². The van der Waals surface area contributed by atoms with Crippen molar-refractivity contribution < 1.29 is 13.9 Å². The quantitative estimate of drug-likeness (QED) is 0.833. The van der Waals surface area contributed by atoms with E-state index in [-0.39, 0.29) is 17.9 Å². The molecule has 4 heteroatoms. The molecule has 0 fully saturated rings. The SMILES string of the molecule is CCCN(C)c1c(F)cc(CO)cc1F. The molecule has 0 amide bonds. The Hall–Kier alpha value is -1.16. The van der Waals surface area contributed by atoms with Crippen molar-refractivity contribution in [1.29, 1.82) is 0 Å². The van der Waals surface area contributed by atoms with Crippen molar-refractivity contribution in [2.45, 2.75) is 20.0 Å². The maximum absolute atomic E-state index is 13.5. The fourth-order valence-electron chi connectivity index (χ4n) is 1.52. The van der Waals surface area contributed by atoms with Crippen LogP contribution in [0.3, 0.4) is 0 Å². The maximum atomic E-state index is 13.5. The van der Waals surface area contributed by atoms with E-state index in [9.17, 15) is 8.78 Å². The molecule has 1 rings (SSSR count). The second-order valence-electron chi connectivity index (χ2n) is 3.49. The molecule has 0 aliphatic heterocycles. The van der Waals surface area contributed by atoms with E-state index in [0.717, 1.165) is 18.6 Å². The Bertz CT molecular complexity index is 318. The molecule has 0 spiro atoms. The highest BCUT2D eigenvalue weighted by Crippen LogP contribution is 2.24. The molecular formula is C11H15F2NO. The van der Waals surface area contributed by atoms with Gasteiger partial charge in [-0.2, -0.15) is 0 Å². The standard InChI is InChI=1S/C11H15F2NO/c1-3-4-14(2)11-9(12)5-8(7-15)6-10(11)13/h5-6,15H,3-4,7H2,1-2H3. The van der Waals surface area contributed by atoms with Gasteiger partial charge in [0.2, 0.25) is 0 Å². The average molecular weight is 215 g/mol. The Morgan fingerprint density at radius 1 is 1.27 bits per heavy atom. The first-order valence-electron chi connectivity index (χ1n) is 4.90. The first-order chi connectivity index (χ1) is 7.10. The van der Waals surface area contributed by atoms with Crippen LogP contribution in [0.15, 0.2) is 12.1 Å². The summed E-state index contributed by atoms with van der Waals surface area (Å²) in [4.78, 5) is 1.53. The minimum atomic E-state index is -0.630. The molecule has 0 unspecified atom stereocenters. The van der Waals surface area contributed by atoms with Gasteiger partial charge in [0.25, 0.3) is 0 Å². The fraction of sp³-hybridized carbons (Fsp3) is 0.455. The summed E-state index contributed by atoms with van der Waals surface area (Å²) >= 11 is 0. The van der Waals surface area contributed by atoms with Gasteiger partial charge in [0.1, 0.15) is 17.3 Å². The third kappa shape index (κ3) is 2.65. The highest BCUT2D eigenvalue weighted by Gasteiger charge is 2.14. The summed E-state index contributed by atoms with van der Waals surface area (Å²) in [7, 11) is 1.64. The molecular weight excluding hydrogens is 200 g/mol. The number of nitrogens with zero attached hydrogens (tertiary/aromatic N) is 1. The molecule has 0 aliphatic carbocycles. The highest BCUT2D eigenvalue weighted by atomic mass is 19.1. The van der Waals surface area contributed by atoms with Gasteiger partial charge in [-0.25, -0.2) is 8.78 Å². The van der Waals surface area contributed by atoms with E-state index in [4.69, 9.17) is 5.11 Å². The van der Waals surface area contributed by atoms with Crippen molar-refractivity contribution in [2.24, 2.45) is 0 Å². The number of aliphatic hydroxyl groups excluding tert-OH is 1. The van der Waals surface area contributed by atoms with E-state index in [0.29, 0.717) is 6.54 Å². The van der Waals surface area contributed by atoms with E-state index >= 15 is 0 Å². The summed E-state index contributed by atoms with van der Waals surface area (Å²) in [5.74, 6) is -1.26. The summed E-state index contributed by atoms with van der Waals surface area (Å²) in [6.45, 7) is 2.17. The largest absolute Gasteiger partial charge is 0.392 e. The number of hydrogen-bond donors (Lipinski definition) is 1. The number of anilines is 1. The Labute approximate surface area is 88.1 Å². The summed E-state index contributed by atoms with van der Waals surface area (Å²) < 4.78 is 27.0. The Kier molecular flexibility index (Phi) is 4.03. The predicted molar refractivity (Wildman–Crippen MR) is 55.8 cm³/mol. The van der Waals surface area contributed by atoms with Crippen LogP contribution in [-0.2, 0) is 6.61 Å². The molecule has 0 saturated carbocycles. The van der Waals surface area contributed by atoms with Crippen LogP contribution >= 0.6 is 0 Å². The molecule has 0 radical (unpaired) electrons. The predicted octanol–water partition coefficient (Wildman–Crippen LogP) is 2.30. The van der Waals surface area contributed by atoms with E-state index in [1.54, 1.807) is 7.05 Å². The number of aliphatic hydroxyl groups is 1. The van der Waals surface area contributed by atoms with Crippen molar-refractivity contribution in [2.75, 3.05) is 18.5 Å². The molecule has 0 aliphatic rings. The van der Waals surface area contributed by atoms with Crippen LogP contribution in [0.5, 0.6) is 0 Å². The fourth-order valence-corrected chi connectivity index (χ4v) is 1.52. The molecule has 0 aromatic heterocycles. The van der Waals surface area contributed by atoms with Crippen LogP contribution in [-0.4, -0.2) is 18.7 Å². The number of rotatable bonds is 4. The lowest BCUT2D eigenvalue weighted by Gasteiger charge is -2.20. The van der Waals surface area contributed by atoms with Gasteiger partial charge in [-0.05, 0) is 24.1 Å². The number of halogens is 2. The third-order valence-corrected chi connectivity index (χ3v) is 2.20. The van der Waals surface area contributed by atoms with Gasteiger partial charge >= 0.3 is 0 Å². The van der Waals surface area contributed by atoms with Crippen LogP contribution in [0.1, 0.15) is 18.9 Å². The topological polar surface area (TPSA) is 23.5 Å². The molecule has 1 aromatic carbocycles. The Morgan fingerprint density at radius 2 is 1.80 bits per heavy atom. The van der Waals surface area contributed by atoms with Gasteiger partial charge in [-0.15, -0.1) is 0 Å². The van der Waals surface area contributed by atoms with Crippen LogP contribution in [0.2, 0.25) is 0 Å². The monoisotopic (exact) mass is 215 g/mol. The molecule has 0 saturated heterocycles. The molecule has 0 heterocycles. The van der Waals surface area contributed by atoms with E-state index in [2.05, 4.69) is 0 Å². The minimum absolute atomic E-state index is 0.0333. The van der Waals surface area contributed by atoms with E-state index in [1.807, 2.05) is 6.92 Å². The van der Waals surface area contributed by atoms with E-state index in [1.165, 1.54) is 4.90 Å². The van der Waals surface area contributed by atoms with Crippen molar-refractivity contribution in [1.82, 2.24) is 0 Å². The van der Waals surface area contributed by atoms with Crippen LogP contribution in [0.4, 0.5) is 14.5 Å². The molecule has 1 aromatic rings. The summed E-state index contributed by atoms with van der Waals surface area (Å²) in [5, 5.41) is 8.77. The molecule has 0 bridgehead atoms. The van der Waals surface area contributed by atoms with Gasteiger partial charge in [-0.3, -0.25) is 0 Å². The molecule has 84 valence electrons. The van der Waals surface area contributed by atoms with Gasteiger partial charge in [0.05, 0.1) is 6.61 Å². The van der Waals surface area contributed by atoms with Crippen LogP contribution in [0.25, 0.3) is 0 Å². The van der Waals surface area contributed by atoms with Crippen LogP contribution < -0.4 is 4.90 Å². The minimum Gasteiger partial charge on any atom is -0.392 e. The summed E-state index contributed by atoms with van der Waals surface area (Å²) in [6, 6.07) is 2.31. The van der Waals surface area contributed by atoms with Crippen molar-refractivity contribution in [3.63, 3.8) is 0 Å². The van der Waals surface area contributed by atoms with Gasteiger partial charge in [0.15, 0.2) is 0 Å². The number of hydrogen-bond acceptors (Lipinski definition) is 2. The van der Waals surface area contributed by atoms with Crippen molar-refractivity contribution >= 4 is 5.69 Å². The molecule has 1 N–H and O–H groups in total. The van der Waals surface area contributed by atoms with Gasteiger partial charge in [0, 0.05) is 13.6 Å². The average Bonchev–Trinajstić information content (AvgIpc) is 2.16. The normalized spacial score (nSPS) is 10.5. The maximum Gasteiger partial charge on any atom is 0.149 e. The second kappa shape index (κ2) is 5.07. The number of benzene rings is 1. The summed E-state index contributed by atoms with van der Waals surface area (Å²) in [5.41, 5.74) is 0.215. The van der Waals surface area contributed by atoms with E-state index < -0.39 is 11.6 Å². The van der Waals surface area contributed by atoms with Crippen LogP contribution in [0, 0.1) is 11.6 Å².